The van der Waals surface area contributed by atoms with Crippen LogP contribution in [-0.2, 0) is 14.8 Å². The van der Waals surface area contributed by atoms with Crippen LogP contribution in [0.15, 0.2) is 39.1 Å². The monoisotopic (exact) mass is 449 g/mol. The highest BCUT2D eigenvalue weighted by Gasteiger charge is 2.40. The molecule has 3 aliphatic rings. The van der Waals surface area contributed by atoms with Crippen molar-refractivity contribution >= 4 is 33.5 Å². The topological polar surface area (TPSA) is 103 Å². The molecule has 2 heterocycles. The molecule has 2 amide bonds. The van der Waals surface area contributed by atoms with Gasteiger partial charge in [-0.3, -0.25) is 9.59 Å². The fourth-order valence-corrected chi connectivity index (χ4v) is 4.47. The maximum Gasteiger partial charge on any atom is 0.289 e. The zero-order valence-corrected chi connectivity index (χ0v) is 18.2. The molecule has 0 spiro atoms. The van der Waals surface area contributed by atoms with Crippen LogP contribution in [0.1, 0.15) is 23.2 Å². The molecule has 1 saturated carbocycles. The highest BCUT2D eigenvalue weighted by Crippen LogP contribution is 2.34. The van der Waals surface area contributed by atoms with Gasteiger partial charge in [0.15, 0.2) is 0 Å². The highest BCUT2D eigenvalue weighted by atomic mass is 32.2. The van der Waals surface area contributed by atoms with E-state index in [2.05, 4.69) is 9.98 Å². The Bertz CT molecular complexity index is 1060. The van der Waals surface area contributed by atoms with Gasteiger partial charge in [0.25, 0.3) is 11.8 Å². The molecule has 1 aliphatic carbocycles. The maximum atomic E-state index is 14.1. The number of alkyl halides is 1. The van der Waals surface area contributed by atoms with Crippen molar-refractivity contribution < 1.29 is 22.4 Å². The molecule has 1 saturated heterocycles. The largest absolute Gasteiger partial charge is 0.337 e. The minimum Gasteiger partial charge on any atom is -0.337 e. The Kier molecular flexibility index (Phi) is 5.65. The fourth-order valence-electron chi connectivity index (χ4n) is 3.57. The maximum absolute atomic E-state index is 14.1. The molecule has 0 N–H and O–H groups in total. The predicted octanol–water partition coefficient (Wildman–Crippen LogP) is 0.780. The van der Waals surface area contributed by atoms with Crippen LogP contribution in [0.25, 0.3) is 0 Å². The van der Waals surface area contributed by atoms with Crippen LogP contribution < -0.4 is 0 Å². The smallest absolute Gasteiger partial charge is 0.289 e. The van der Waals surface area contributed by atoms with Crippen molar-refractivity contribution in [2.75, 3.05) is 40.3 Å². The number of benzene rings is 1. The lowest BCUT2D eigenvalue weighted by molar-refractivity contribution is -0.120. The quantitative estimate of drug-likeness (QED) is 0.676. The van der Waals surface area contributed by atoms with Crippen LogP contribution in [0, 0.1) is 5.92 Å². The van der Waals surface area contributed by atoms with Gasteiger partial charge in [0, 0.05) is 51.8 Å². The van der Waals surface area contributed by atoms with E-state index in [-0.39, 0.29) is 28.4 Å². The van der Waals surface area contributed by atoms with Gasteiger partial charge in [-0.1, -0.05) is 0 Å². The molecule has 9 nitrogen and oxygen atoms in total. The third-order valence-corrected chi connectivity index (χ3v) is 7.47. The molecule has 31 heavy (non-hydrogen) atoms. The summed E-state index contributed by atoms with van der Waals surface area (Å²) in [6.45, 7) is 1.61. The Morgan fingerprint density at radius 2 is 1.68 bits per heavy atom. The van der Waals surface area contributed by atoms with Gasteiger partial charge in [-0.05, 0) is 37.1 Å². The molecular formula is C20H24FN5O4S. The Balaban J connectivity index is 1.40. The number of rotatable bonds is 4. The van der Waals surface area contributed by atoms with Crippen molar-refractivity contribution in [1.29, 1.82) is 0 Å². The number of hydrogen-bond donors (Lipinski definition) is 0. The number of piperazine rings is 1. The van der Waals surface area contributed by atoms with E-state index < -0.39 is 22.1 Å². The molecule has 1 aromatic carbocycles. The van der Waals surface area contributed by atoms with E-state index in [1.165, 1.54) is 38.4 Å². The van der Waals surface area contributed by atoms with E-state index in [1.807, 2.05) is 0 Å². The standard InChI is InChI=1S/C20H24FN5O4S/c1-24(2)31(29,30)15-7-5-14(6-8-15)19(28)25-9-11-26(12-10-25)20-22-17(13-3-4-13)16(21)18(27)23-20/h5-8,13,16H,3-4,9-12H2,1-2H3. The van der Waals surface area contributed by atoms with Crippen LogP contribution in [0.5, 0.6) is 0 Å². The summed E-state index contributed by atoms with van der Waals surface area (Å²) in [6, 6.07) is 5.84. The molecule has 166 valence electrons. The van der Waals surface area contributed by atoms with E-state index in [0.717, 1.165) is 17.1 Å². The summed E-state index contributed by atoms with van der Waals surface area (Å²) in [5.41, 5.74) is 0.673. The molecule has 0 radical (unpaired) electrons. The summed E-state index contributed by atoms with van der Waals surface area (Å²) >= 11 is 0. The van der Waals surface area contributed by atoms with Gasteiger partial charge in [-0.2, -0.15) is 4.99 Å². The summed E-state index contributed by atoms with van der Waals surface area (Å²) in [5.74, 6) is -0.753. The third-order valence-electron chi connectivity index (χ3n) is 5.64. The van der Waals surface area contributed by atoms with E-state index in [9.17, 15) is 22.4 Å². The minimum atomic E-state index is -3.56. The summed E-state index contributed by atoms with van der Waals surface area (Å²) in [5, 5.41) is 0. The van der Waals surface area contributed by atoms with Crippen molar-refractivity contribution in [3.05, 3.63) is 29.8 Å². The number of guanidine groups is 1. The molecule has 1 atom stereocenters. The lowest BCUT2D eigenvalue weighted by atomic mass is 10.1. The van der Waals surface area contributed by atoms with Crippen molar-refractivity contribution in [3.63, 3.8) is 0 Å². The SMILES string of the molecule is CN(C)S(=O)(=O)c1ccc(C(=O)N2CCN(C3=NC(=O)C(F)C(C4CC4)=N3)CC2)cc1. The molecule has 0 aromatic heterocycles. The molecule has 11 heteroatoms. The zero-order valence-electron chi connectivity index (χ0n) is 17.4. The summed E-state index contributed by atoms with van der Waals surface area (Å²) in [4.78, 5) is 36.4. The molecule has 1 unspecified atom stereocenters. The number of hydrogen-bond acceptors (Lipinski definition) is 6. The van der Waals surface area contributed by atoms with E-state index in [4.69, 9.17) is 0 Å². The number of carbonyl (C=O) groups is 2. The number of aliphatic imine (C=N–C) groups is 2. The lowest BCUT2D eigenvalue weighted by Gasteiger charge is -2.36. The van der Waals surface area contributed by atoms with Gasteiger partial charge in [0.05, 0.1) is 10.6 Å². The van der Waals surface area contributed by atoms with Crippen LogP contribution in [-0.4, -0.2) is 92.5 Å². The van der Waals surface area contributed by atoms with Crippen LogP contribution in [0.4, 0.5) is 4.39 Å². The van der Waals surface area contributed by atoms with E-state index >= 15 is 0 Å². The van der Waals surface area contributed by atoms with Gasteiger partial charge < -0.3 is 9.80 Å². The lowest BCUT2D eigenvalue weighted by Crippen LogP contribution is -2.51. The van der Waals surface area contributed by atoms with Gasteiger partial charge in [-0.15, -0.1) is 0 Å². The Labute approximate surface area is 180 Å². The highest BCUT2D eigenvalue weighted by molar-refractivity contribution is 7.89. The normalized spacial score (nSPS) is 22.5. The van der Waals surface area contributed by atoms with E-state index in [1.54, 1.807) is 9.80 Å². The summed E-state index contributed by atoms with van der Waals surface area (Å²) in [6.07, 6.45) is -0.0496. The molecule has 2 fully saturated rings. The van der Waals surface area contributed by atoms with Gasteiger partial charge in [0.2, 0.25) is 22.2 Å². The van der Waals surface area contributed by atoms with E-state index in [0.29, 0.717) is 31.7 Å². The first-order valence-electron chi connectivity index (χ1n) is 10.1. The average Bonchev–Trinajstić information content (AvgIpc) is 3.60. The zero-order chi connectivity index (χ0) is 22.3. The van der Waals surface area contributed by atoms with Crippen LogP contribution >= 0.6 is 0 Å². The number of nitrogens with zero attached hydrogens (tertiary/aromatic N) is 5. The Hall–Kier alpha value is -2.66. The molecular weight excluding hydrogens is 425 g/mol. The van der Waals surface area contributed by atoms with Crippen molar-refractivity contribution in [1.82, 2.24) is 14.1 Å². The second-order valence-corrected chi connectivity index (χ2v) is 10.2. The fraction of sp³-hybridized carbons (Fsp3) is 0.500. The molecule has 2 aliphatic heterocycles. The molecule has 4 rings (SSSR count). The van der Waals surface area contributed by atoms with Gasteiger partial charge >= 0.3 is 0 Å². The first-order chi connectivity index (χ1) is 14.7. The number of carbonyl (C=O) groups excluding carboxylic acids is 2. The van der Waals surface area contributed by atoms with Crippen molar-refractivity contribution in [2.24, 2.45) is 15.9 Å². The summed E-state index contributed by atoms with van der Waals surface area (Å²) in [7, 11) is -0.661. The number of halogens is 1. The first kappa shape index (κ1) is 21.6. The van der Waals surface area contributed by atoms with Crippen LogP contribution in [0.2, 0.25) is 0 Å². The minimum absolute atomic E-state index is 0.0339. The molecule has 0 bridgehead atoms. The molecule has 1 aromatic rings. The Morgan fingerprint density at radius 3 is 2.23 bits per heavy atom. The third kappa shape index (κ3) is 4.24. The number of sulfonamides is 1. The average molecular weight is 450 g/mol. The second kappa shape index (κ2) is 8.12. The van der Waals surface area contributed by atoms with Gasteiger partial charge in [-0.25, -0.2) is 22.1 Å². The predicted molar refractivity (Wildman–Crippen MR) is 112 cm³/mol. The van der Waals surface area contributed by atoms with Gasteiger partial charge in [0.1, 0.15) is 0 Å². The van der Waals surface area contributed by atoms with Crippen molar-refractivity contribution in [2.45, 2.75) is 23.9 Å². The summed E-state index contributed by atoms with van der Waals surface area (Å²) < 4.78 is 39.5. The van der Waals surface area contributed by atoms with Crippen LogP contribution in [0.3, 0.4) is 0 Å². The number of amides is 2. The second-order valence-electron chi connectivity index (χ2n) is 8.01. The Morgan fingerprint density at radius 1 is 1.06 bits per heavy atom. The van der Waals surface area contributed by atoms with Crippen molar-refractivity contribution in [3.8, 4) is 0 Å². The first-order valence-corrected chi connectivity index (χ1v) is 11.5.